The lowest BCUT2D eigenvalue weighted by molar-refractivity contribution is 0.150. The van der Waals surface area contributed by atoms with E-state index < -0.39 is 0 Å². The lowest BCUT2D eigenvalue weighted by Crippen LogP contribution is -2.45. The number of rotatable bonds is 3. The van der Waals surface area contributed by atoms with E-state index in [0.29, 0.717) is 12.6 Å². The molecule has 1 aromatic rings. The zero-order valence-electron chi connectivity index (χ0n) is 12.4. The highest BCUT2D eigenvalue weighted by molar-refractivity contribution is 5.74. The van der Waals surface area contributed by atoms with Gasteiger partial charge in [0.2, 0.25) is 0 Å². The van der Waals surface area contributed by atoms with Gasteiger partial charge in [0, 0.05) is 32.1 Å². The molecule has 0 atom stereocenters. The molecule has 0 N–H and O–H groups in total. The third-order valence-electron chi connectivity index (χ3n) is 3.80. The summed E-state index contributed by atoms with van der Waals surface area (Å²) >= 11 is 0. The van der Waals surface area contributed by atoms with Gasteiger partial charge in [-0.15, -0.1) is 0 Å². The summed E-state index contributed by atoms with van der Waals surface area (Å²) in [7, 11) is 0. The summed E-state index contributed by atoms with van der Waals surface area (Å²) in [4.78, 5) is 20.7. The summed E-state index contributed by atoms with van der Waals surface area (Å²) in [6, 6.07) is 0.534. The predicted octanol–water partition coefficient (Wildman–Crippen LogP) is 2.28. The van der Waals surface area contributed by atoms with Crippen molar-refractivity contribution < 1.29 is 4.79 Å². The normalized spacial score (nSPS) is 14.7. The maximum atomic E-state index is 12.4. The van der Waals surface area contributed by atoms with Crippen LogP contribution in [0.25, 0.3) is 0 Å². The van der Waals surface area contributed by atoms with Gasteiger partial charge < -0.3 is 14.4 Å². The number of imidazole rings is 1. The van der Waals surface area contributed by atoms with E-state index in [1.165, 1.54) is 5.69 Å². The second kappa shape index (κ2) is 5.63. The van der Waals surface area contributed by atoms with E-state index in [1.807, 2.05) is 30.0 Å². The Morgan fingerprint density at radius 3 is 2.68 bits per heavy atom. The van der Waals surface area contributed by atoms with Crippen molar-refractivity contribution in [1.29, 1.82) is 0 Å². The molecule has 1 aliphatic rings. The van der Waals surface area contributed by atoms with E-state index in [1.54, 1.807) is 0 Å². The highest BCUT2D eigenvalue weighted by Gasteiger charge is 2.26. The second-order valence-corrected chi connectivity index (χ2v) is 5.27. The first-order valence-electron chi connectivity index (χ1n) is 7.16. The lowest BCUT2D eigenvalue weighted by atomic mass is 10.1. The molecule has 0 unspecified atom stereocenters. The number of hydrogen-bond donors (Lipinski definition) is 0. The van der Waals surface area contributed by atoms with Crippen molar-refractivity contribution in [2.45, 2.75) is 46.7 Å². The number of carbonyl (C=O) groups excluding carboxylic acids is 1. The van der Waals surface area contributed by atoms with Crippen molar-refractivity contribution in [3.05, 3.63) is 17.7 Å². The SMILES string of the molecule is CCN(CC)C(=O)N1CCc2ncn(C(C)C)c2C1. The van der Waals surface area contributed by atoms with E-state index in [2.05, 4.69) is 23.4 Å². The molecule has 2 rings (SSSR count). The van der Waals surface area contributed by atoms with E-state index >= 15 is 0 Å². The summed E-state index contributed by atoms with van der Waals surface area (Å²) in [6.07, 6.45) is 2.77. The van der Waals surface area contributed by atoms with Crippen molar-refractivity contribution >= 4 is 6.03 Å². The average Bonchev–Trinajstić information content (AvgIpc) is 2.82. The van der Waals surface area contributed by atoms with Crippen molar-refractivity contribution in [3.8, 4) is 0 Å². The molecular formula is C14H24N4O. The average molecular weight is 264 g/mol. The molecule has 0 saturated carbocycles. The van der Waals surface area contributed by atoms with Gasteiger partial charge in [0.25, 0.3) is 0 Å². The number of nitrogens with zero attached hydrogens (tertiary/aromatic N) is 4. The fourth-order valence-corrected chi connectivity index (χ4v) is 2.61. The molecule has 106 valence electrons. The minimum Gasteiger partial charge on any atom is -0.330 e. The summed E-state index contributed by atoms with van der Waals surface area (Å²) in [5.41, 5.74) is 2.35. The lowest BCUT2D eigenvalue weighted by Gasteiger charge is -2.32. The van der Waals surface area contributed by atoms with Crippen LogP contribution >= 0.6 is 0 Å². The molecule has 2 heterocycles. The van der Waals surface area contributed by atoms with Crippen LogP contribution in [0.2, 0.25) is 0 Å². The monoisotopic (exact) mass is 264 g/mol. The van der Waals surface area contributed by atoms with Crippen molar-refractivity contribution in [2.75, 3.05) is 19.6 Å². The van der Waals surface area contributed by atoms with Gasteiger partial charge in [-0.1, -0.05) is 0 Å². The summed E-state index contributed by atoms with van der Waals surface area (Å²) in [6.45, 7) is 11.3. The van der Waals surface area contributed by atoms with Gasteiger partial charge in [-0.05, 0) is 27.7 Å². The van der Waals surface area contributed by atoms with Crippen LogP contribution < -0.4 is 0 Å². The predicted molar refractivity (Wildman–Crippen MR) is 75.0 cm³/mol. The van der Waals surface area contributed by atoms with Gasteiger partial charge in [0.1, 0.15) is 0 Å². The molecule has 0 saturated heterocycles. The highest BCUT2D eigenvalue weighted by Crippen LogP contribution is 2.21. The van der Waals surface area contributed by atoms with Gasteiger partial charge in [-0.2, -0.15) is 0 Å². The minimum atomic E-state index is 0.146. The number of aromatic nitrogens is 2. The first-order valence-corrected chi connectivity index (χ1v) is 7.16. The summed E-state index contributed by atoms with van der Waals surface area (Å²) < 4.78 is 2.18. The van der Waals surface area contributed by atoms with E-state index in [9.17, 15) is 4.79 Å². The van der Waals surface area contributed by atoms with E-state index in [4.69, 9.17) is 0 Å². The van der Waals surface area contributed by atoms with Crippen LogP contribution in [0, 0.1) is 0 Å². The summed E-state index contributed by atoms with van der Waals surface area (Å²) in [5, 5.41) is 0. The van der Waals surface area contributed by atoms with Crippen molar-refractivity contribution in [2.24, 2.45) is 0 Å². The van der Waals surface area contributed by atoms with Gasteiger partial charge in [-0.3, -0.25) is 0 Å². The van der Waals surface area contributed by atoms with Crippen LogP contribution in [0.5, 0.6) is 0 Å². The molecule has 5 heteroatoms. The summed E-state index contributed by atoms with van der Waals surface area (Å²) in [5.74, 6) is 0. The number of fused-ring (bicyclic) bond motifs is 1. The van der Waals surface area contributed by atoms with Crippen LogP contribution in [0.1, 0.15) is 45.1 Å². The smallest absolute Gasteiger partial charge is 0.320 e. The largest absolute Gasteiger partial charge is 0.330 e. The highest BCUT2D eigenvalue weighted by atomic mass is 16.2. The molecule has 2 amide bonds. The van der Waals surface area contributed by atoms with Gasteiger partial charge in [0.05, 0.1) is 24.3 Å². The third-order valence-corrected chi connectivity index (χ3v) is 3.80. The number of urea groups is 1. The molecule has 0 aliphatic carbocycles. The third kappa shape index (κ3) is 2.60. The van der Waals surface area contributed by atoms with Crippen LogP contribution in [0.3, 0.4) is 0 Å². The van der Waals surface area contributed by atoms with Crippen molar-refractivity contribution in [3.63, 3.8) is 0 Å². The molecule has 0 spiro atoms. The van der Waals surface area contributed by atoms with Crippen LogP contribution in [-0.4, -0.2) is 45.0 Å². The Morgan fingerprint density at radius 1 is 1.42 bits per heavy atom. The molecule has 19 heavy (non-hydrogen) atoms. The second-order valence-electron chi connectivity index (χ2n) is 5.27. The molecular weight excluding hydrogens is 240 g/mol. The zero-order chi connectivity index (χ0) is 14.0. The molecule has 0 aromatic carbocycles. The Hall–Kier alpha value is -1.52. The Bertz CT molecular complexity index is 448. The standard InChI is InChI=1S/C14H24N4O/c1-5-16(6-2)14(19)17-8-7-12-13(9-17)18(10-15-12)11(3)4/h10-11H,5-9H2,1-4H3. The molecule has 1 aromatic heterocycles. The van der Waals surface area contributed by atoms with Gasteiger partial charge in [-0.25, -0.2) is 9.78 Å². The first kappa shape index (κ1) is 13.9. The Kier molecular flexibility index (Phi) is 4.12. The minimum absolute atomic E-state index is 0.146. The Labute approximate surface area is 115 Å². The maximum absolute atomic E-state index is 12.4. The quantitative estimate of drug-likeness (QED) is 0.840. The molecule has 5 nitrogen and oxygen atoms in total. The fourth-order valence-electron chi connectivity index (χ4n) is 2.61. The Morgan fingerprint density at radius 2 is 2.11 bits per heavy atom. The number of hydrogen-bond acceptors (Lipinski definition) is 2. The Balaban J connectivity index is 2.17. The van der Waals surface area contributed by atoms with E-state index in [-0.39, 0.29) is 6.03 Å². The molecule has 0 fully saturated rings. The number of carbonyl (C=O) groups is 1. The van der Waals surface area contributed by atoms with Crippen LogP contribution in [0.15, 0.2) is 6.33 Å². The van der Waals surface area contributed by atoms with Gasteiger partial charge >= 0.3 is 6.03 Å². The zero-order valence-corrected chi connectivity index (χ0v) is 12.4. The topological polar surface area (TPSA) is 41.4 Å². The van der Waals surface area contributed by atoms with Gasteiger partial charge in [0.15, 0.2) is 0 Å². The maximum Gasteiger partial charge on any atom is 0.320 e. The van der Waals surface area contributed by atoms with E-state index in [0.717, 1.165) is 31.7 Å². The van der Waals surface area contributed by atoms with Crippen molar-refractivity contribution in [1.82, 2.24) is 19.4 Å². The molecule has 0 radical (unpaired) electrons. The fraction of sp³-hybridized carbons (Fsp3) is 0.714. The number of amides is 2. The van der Waals surface area contributed by atoms with Crippen LogP contribution in [0.4, 0.5) is 4.79 Å². The van der Waals surface area contributed by atoms with Crippen LogP contribution in [-0.2, 0) is 13.0 Å². The molecule has 1 aliphatic heterocycles. The molecule has 0 bridgehead atoms. The first-order chi connectivity index (χ1) is 9.08.